The third-order valence-electron chi connectivity index (χ3n) is 4.99. The van der Waals surface area contributed by atoms with Gasteiger partial charge >= 0.3 is 0 Å². The van der Waals surface area contributed by atoms with Gasteiger partial charge in [0.25, 0.3) is 0 Å². The Hall–Kier alpha value is -2.30. The van der Waals surface area contributed by atoms with E-state index in [0.29, 0.717) is 19.0 Å². The van der Waals surface area contributed by atoms with Crippen LogP contribution in [0.4, 0.5) is 0 Å². The van der Waals surface area contributed by atoms with E-state index in [1.807, 2.05) is 47.1 Å². The molecule has 1 aliphatic heterocycles. The van der Waals surface area contributed by atoms with Gasteiger partial charge in [0.1, 0.15) is 0 Å². The van der Waals surface area contributed by atoms with E-state index in [-0.39, 0.29) is 23.3 Å². The number of hydrogen-bond acceptors (Lipinski definition) is 2. The van der Waals surface area contributed by atoms with Crippen LogP contribution in [0.1, 0.15) is 32.3 Å². The van der Waals surface area contributed by atoms with Crippen molar-refractivity contribution in [3.63, 3.8) is 0 Å². The lowest BCUT2D eigenvalue weighted by Crippen LogP contribution is -2.43. The van der Waals surface area contributed by atoms with Crippen LogP contribution >= 0.6 is 0 Å². The van der Waals surface area contributed by atoms with Crippen LogP contribution in [0.15, 0.2) is 36.7 Å². The van der Waals surface area contributed by atoms with Crippen LogP contribution in [0.5, 0.6) is 0 Å². The van der Waals surface area contributed by atoms with Crippen molar-refractivity contribution in [1.29, 1.82) is 0 Å². The minimum absolute atomic E-state index is 0.0119. The van der Waals surface area contributed by atoms with Crippen LogP contribution in [0, 0.1) is 11.3 Å². The van der Waals surface area contributed by atoms with Crippen molar-refractivity contribution in [2.75, 3.05) is 13.1 Å². The number of amides is 2. The molecule has 5 heteroatoms. The molecule has 0 spiro atoms. The van der Waals surface area contributed by atoms with Gasteiger partial charge in [-0.2, -0.15) is 0 Å². The Labute approximate surface area is 149 Å². The molecule has 1 N–H and O–H groups in total. The Morgan fingerprint density at radius 2 is 2.04 bits per heavy atom. The number of hydrogen-bond donors (Lipinski definition) is 1. The third kappa shape index (κ3) is 4.62. The Bertz CT molecular complexity index is 710. The lowest BCUT2D eigenvalue weighted by Gasteiger charge is -2.25. The van der Waals surface area contributed by atoms with Gasteiger partial charge in [-0.15, -0.1) is 0 Å². The quantitative estimate of drug-likeness (QED) is 0.836. The first-order valence-corrected chi connectivity index (χ1v) is 8.91. The maximum Gasteiger partial charge on any atom is 0.246 e. The van der Waals surface area contributed by atoms with Crippen LogP contribution in [0.3, 0.4) is 0 Å². The maximum atomic E-state index is 12.5. The highest BCUT2D eigenvalue weighted by molar-refractivity contribution is 5.92. The van der Waals surface area contributed by atoms with E-state index in [0.717, 1.165) is 5.56 Å². The number of nitrogens with one attached hydrogen (secondary N) is 1. The van der Waals surface area contributed by atoms with Crippen molar-refractivity contribution in [3.8, 4) is 0 Å². The number of nitrogens with zero attached hydrogens (tertiary/aromatic N) is 2. The van der Waals surface area contributed by atoms with Crippen LogP contribution in [0.2, 0.25) is 0 Å². The minimum atomic E-state index is -0.140. The Balaban J connectivity index is 1.57. The number of rotatable bonds is 5. The molecule has 1 saturated heterocycles. The summed E-state index contributed by atoms with van der Waals surface area (Å²) in [6.45, 7) is 5.38. The second-order valence-electron chi connectivity index (χ2n) is 7.91. The van der Waals surface area contributed by atoms with Crippen molar-refractivity contribution in [2.45, 2.75) is 32.7 Å². The summed E-state index contributed by atoms with van der Waals surface area (Å²) in [5, 5.41) is 3.07. The molecule has 3 rings (SSSR count). The van der Waals surface area contributed by atoms with E-state index in [1.165, 1.54) is 12.8 Å². The summed E-state index contributed by atoms with van der Waals surface area (Å²) >= 11 is 0. The minimum Gasteiger partial charge on any atom is -0.357 e. The zero-order valence-corrected chi connectivity index (χ0v) is 15.2. The second kappa shape index (κ2) is 6.90. The Morgan fingerprint density at radius 3 is 2.68 bits per heavy atom. The monoisotopic (exact) mass is 341 g/mol. The molecule has 0 aromatic carbocycles. The molecule has 5 nitrogen and oxygen atoms in total. The van der Waals surface area contributed by atoms with Gasteiger partial charge in [0, 0.05) is 44.0 Å². The summed E-state index contributed by atoms with van der Waals surface area (Å²) < 4.78 is 1.95. The van der Waals surface area contributed by atoms with E-state index in [9.17, 15) is 9.59 Å². The molecule has 25 heavy (non-hydrogen) atoms. The molecule has 2 heterocycles. The predicted octanol–water partition coefficient (Wildman–Crippen LogP) is 2.36. The third-order valence-corrected chi connectivity index (χ3v) is 4.99. The number of likely N-dealkylation sites (tertiary alicyclic amines) is 1. The van der Waals surface area contributed by atoms with Crippen molar-refractivity contribution in [2.24, 2.45) is 18.4 Å². The lowest BCUT2D eigenvalue weighted by atomic mass is 9.88. The number of carbonyl (C=O) groups is 2. The normalized spacial score (nSPS) is 22.8. The summed E-state index contributed by atoms with van der Waals surface area (Å²) in [6.07, 6.45) is 13.4. The average molecular weight is 341 g/mol. The van der Waals surface area contributed by atoms with Crippen LogP contribution < -0.4 is 5.32 Å². The number of aromatic nitrogens is 1. The molecule has 2 amide bonds. The highest BCUT2D eigenvalue weighted by Crippen LogP contribution is 2.31. The van der Waals surface area contributed by atoms with Crippen LogP contribution in [-0.4, -0.2) is 40.4 Å². The first-order valence-electron chi connectivity index (χ1n) is 8.91. The summed E-state index contributed by atoms with van der Waals surface area (Å²) in [6, 6.07) is 1.94. The van der Waals surface area contributed by atoms with E-state index < -0.39 is 0 Å². The standard InChI is InChI=1S/C20H27N3O2/c1-20(2)14-23(19(25)9-7-16-10-11-22(3)12-16)13-17(20)21-18(24)8-6-15-4-5-15/h6-12,15,17H,4-5,13-14H2,1-3H3,(H,21,24)/b8-6+,9-7+. The molecule has 134 valence electrons. The fraction of sp³-hybridized carbons (Fsp3) is 0.500. The zero-order chi connectivity index (χ0) is 18.0. The molecule has 0 radical (unpaired) electrons. The molecule has 2 fully saturated rings. The summed E-state index contributed by atoms with van der Waals surface area (Å²) in [7, 11) is 1.95. The maximum absolute atomic E-state index is 12.5. The molecular formula is C20H27N3O2. The predicted molar refractivity (Wildman–Crippen MR) is 98.6 cm³/mol. The molecule has 0 bridgehead atoms. The van der Waals surface area contributed by atoms with Gasteiger partial charge in [-0.3, -0.25) is 9.59 Å². The molecule has 1 aliphatic carbocycles. The van der Waals surface area contributed by atoms with Gasteiger partial charge in [0.2, 0.25) is 11.8 Å². The van der Waals surface area contributed by atoms with Crippen molar-refractivity contribution in [1.82, 2.24) is 14.8 Å². The SMILES string of the molecule is Cn1ccc(/C=C/C(=O)N2CC(NC(=O)/C=C/C3CC3)C(C)(C)C2)c1. The fourth-order valence-electron chi connectivity index (χ4n) is 3.17. The van der Waals surface area contributed by atoms with Gasteiger partial charge in [-0.1, -0.05) is 19.9 Å². The average Bonchev–Trinajstić information content (AvgIpc) is 3.22. The summed E-state index contributed by atoms with van der Waals surface area (Å²) in [4.78, 5) is 26.4. The highest BCUT2D eigenvalue weighted by Gasteiger charge is 2.41. The van der Waals surface area contributed by atoms with Crippen LogP contribution in [-0.2, 0) is 16.6 Å². The van der Waals surface area contributed by atoms with Crippen molar-refractivity contribution in [3.05, 3.63) is 42.3 Å². The molecule has 1 atom stereocenters. The topological polar surface area (TPSA) is 54.3 Å². The summed E-state index contributed by atoms with van der Waals surface area (Å²) in [5.41, 5.74) is 0.864. The van der Waals surface area contributed by atoms with E-state index in [1.54, 1.807) is 12.2 Å². The molecule has 1 aromatic heterocycles. The lowest BCUT2D eigenvalue weighted by molar-refractivity contribution is -0.125. The van der Waals surface area contributed by atoms with E-state index >= 15 is 0 Å². The van der Waals surface area contributed by atoms with E-state index in [4.69, 9.17) is 0 Å². The molecular weight excluding hydrogens is 314 g/mol. The number of aryl methyl sites for hydroxylation is 1. The van der Waals surface area contributed by atoms with E-state index in [2.05, 4.69) is 19.2 Å². The summed E-state index contributed by atoms with van der Waals surface area (Å²) in [5.74, 6) is 0.518. The van der Waals surface area contributed by atoms with Crippen molar-refractivity contribution < 1.29 is 9.59 Å². The fourth-order valence-corrected chi connectivity index (χ4v) is 3.17. The molecule has 1 saturated carbocycles. The first-order chi connectivity index (χ1) is 11.8. The zero-order valence-electron chi connectivity index (χ0n) is 15.2. The highest BCUT2D eigenvalue weighted by atomic mass is 16.2. The molecule has 2 aliphatic rings. The van der Waals surface area contributed by atoms with Gasteiger partial charge in [-0.05, 0) is 42.5 Å². The second-order valence-corrected chi connectivity index (χ2v) is 7.91. The smallest absolute Gasteiger partial charge is 0.246 e. The van der Waals surface area contributed by atoms with Crippen LogP contribution in [0.25, 0.3) is 6.08 Å². The number of carbonyl (C=O) groups excluding carboxylic acids is 2. The van der Waals surface area contributed by atoms with Gasteiger partial charge < -0.3 is 14.8 Å². The van der Waals surface area contributed by atoms with Gasteiger partial charge in [-0.25, -0.2) is 0 Å². The Morgan fingerprint density at radius 1 is 1.28 bits per heavy atom. The number of allylic oxidation sites excluding steroid dienone is 1. The van der Waals surface area contributed by atoms with Gasteiger partial charge in [0.15, 0.2) is 0 Å². The Kier molecular flexibility index (Phi) is 4.84. The first kappa shape index (κ1) is 17.5. The molecule has 1 unspecified atom stereocenters. The largest absolute Gasteiger partial charge is 0.357 e. The molecule has 1 aromatic rings. The van der Waals surface area contributed by atoms with Crippen molar-refractivity contribution >= 4 is 17.9 Å². The van der Waals surface area contributed by atoms with Gasteiger partial charge in [0.05, 0.1) is 6.04 Å².